The second-order valence-corrected chi connectivity index (χ2v) is 5.93. The molecule has 1 aromatic carbocycles. The van der Waals surface area contributed by atoms with Gasteiger partial charge in [0.1, 0.15) is 5.52 Å². The number of halogens is 1. The summed E-state index contributed by atoms with van der Waals surface area (Å²) >= 11 is 0. The van der Waals surface area contributed by atoms with Crippen LogP contribution < -0.4 is 28.9 Å². The van der Waals surface area contributed by atoms with Crippen LogP contribution in [0.4, 0.5) is 11.7 Å². The van der Waals surface area contributed by atoms with Gasteiger partial charge in [0.2, 0.25) is 0 Å². The number of piperazine rings is 1. The Bertz CT molecular complexity index is 723. The van der Waals surface area contributed by atoms with E-state index in [0.717, 1.165) is 37.2 Å². The third-order valence-electron chi connectivity index (χ3n) is 4.23. The molecule has 23 heavy (non-hydrogen) atoms. The smallest absolute Gasteiger partial charge is 0.298 e. The van der Waals surface area contributed by atoms with Crippen LogP contribution in [-0.2, 0) is 0 Å². The molecule has 1 fully saturated rings. The monoisotopic (exact) mass is 430 g/mol. The van der Waals surface area contributed by atoms with Gasteiger partial charge in [-0.3, -0.25) is 10.1 Å². The van der Waals surface area contributed by atoms with Crippen LogP contribution in [0.15, 0.2) is 35.3 Å². The van der Waals surface area contributed by atoms with Crippen molar-refractivity contribution in [3.05, 3.63) is 41.0 Å². The van der Waals surface area contributed by atoms with E-state index in [2.05, 4.69) is 23.5 Å². The highest BCUT2D eigenvalue weighted by Gasteiger charge is 2.29. The Kier molecular flexibility index (Phi) is 5.25. The predicted octanol–water partition coefficient (Wildman–Crippen LogP) is -0.807. The first-order valence-electron chi connectivity index (χ1n) is 7.25. The number of likely N-dealkylation sites (N-methyl/N-ethyl adjacent to an activating group) is 1. The molecule has 1 aliphatic heterocycles. The number of hydrogen-bond acceptors (Lipinski definition) is 5. The van der Waals surface area contributed by atoms with E-state index in [4.69, 9.17) is 4.42 Å². The molecule has 0 spiro atoms. The number of rotatable bonds is 4. The van der Waals surface area contributed by atoms with Crippen molar-refractivity contribution in [2.24, 2.45) is 0 Å². The molecule has 8 heteroatoms. The van der Waals surface area contributed by atoms with Crippen LogP contribution in [0.5, 0.6) is 0 Å². The van der Waals surface area contributed by atoms with E-state index in [1.807, 2.05) is 6.08 Å². The van der Waals surface area contributed by atoms with Crippen molar-refractivity contribution in [3.63, 3.8) is 0 Å². The van der Waals surface area contributed by atoms with Crippen molar-refractivity contribution in [2.75, 3.05) is 44.7 Å². The normalized spacial score (nSPS) is 16.8. The minimum Gasteiger partial charge on any atom is -1.00 e. The van der Waals surface area contributed by atoms with Crippen molar-refractivity contribution in [1.82, 2.24) is 4.98 Å². The molecule has 1 saturated heterocycles. The quantitative estimate of drug-likeness (QED) is 0.209. The molecular formula is C15H19IN4O3. The highest BCUT2D eigenvalue weighted by molar-refractivity contribution is 5.77. The molecule has 0 aliphatic carbocycles. The fourth-order valence-corrected chi connectivity index (χ4v) is 2.78. The fourth-order valence-electron chi connectivity index (χ4n) is 2.78. The van der Waals surface area contributed by atoms with E-state index >= 15 is 0 Å². The number of hydrogen-bond donors (Lipinski definition) is 0. The van der Waals surface area contributed by atoms with E-state index in [-0.39, 0.29) is 29.7 Å². The van der Waals surface area contributed by atoms with Gasteiger partial charge in [0.15, 0.2) is 5.58 Å². The summed E-state index contributed by atoms with van der Waals surface area (Å²) in [7, 11) is 2.22. The fraction of sp³-hybridized carbons (Fsp3) is 0.400. The molecule has 2 heterocycles. The number of nitro groups is 1. The van der Waals surface area contributed by atoms with Crippen molar-refractivity contribution >= 4 is 22.8 Å². The van der Waals surface area contributed by atoms with E-state index in [9.17, 15) is 10.1 Å². The van der Waals surface area contributed by atoms with E-state index < -0.39 is 4.92 Å². The number of nitrogens with zero attached hydrogens (tertiary/aromatic N) is 4. The van der Waals surface area contributed by atoms with Gasteiger partial charge in [-0.25, -0.2) is 0 Å². The van der Waals surface area contributed by atoms with Crippen molar-refractivity contribution in [1.29, 1.82) is 0 Å². The number of benzene rings is 1. The number of oxazole rings is 1. The lowest BCUT2D eigenvalue weighted by molar-refractivity contribution is -0.904. The summed E-state index contributed by atoms with van der Waals surface area (Å²) in [6, 6.07) is 5.04. The average Bonchev–Trinajstić information content (AvgIpc) is 2.90. The molecule has 1 aromatic heterocycles. The number of non-ortho nitro benzene ring substituents is 1. The Balaban J connectivity index is 0.00000192. The van der Waals surface area contributed by atoms with Crippen molar-refractivity contribution < 1.29 is 37.8 Å². The zero-order valence-electron chi connectivity index (χ0n) is 12.9. The Labute approximate surface area is 151 Å². The largest absolute Gasteiger partial charge is 1.00 e. The van der Waals surface area contributed by atoms with Crippen LogP contribution in [0.1, 0.15) is 0 Å². The SMILES string of the molecule is C=CC[N+]1(C)CCN(c2nc3ccc([N+](=O)[O-])cc3o2)CC1.[I-]. The minimum absolute atomic E-state index is 0. The highest BCUT2D eigenvalue weighted by Crippen LogP contribution is 2.26. The first-order chi connectivity index (χ1) is 10.5. The first-order valence-corrected chi connectivity index (χ1v) is 7.25. The van der Waals surface area contributed by atoms with Gasteiger partial charge in [-0.15, -0.1) is 0 Å². The third-order valence-corrected chi connectivity index (χ3v) is 4.23. The van der Waals surface area contributed by atoms with Crippen molar-refractivity contribution in [2.45, 2.75) is 0 Å². The van der Waals surface area contributed by atoms with Gasteiger partial charge in [-0.05, 0) is 12.1 Å². The van der Waals surface area contributed by atoms with Gasteiger partial charge in [0.05, 0.1) is 50.8 Å². The summed E-state index contributed by atoms with van der Waals surface area (Å²) in [6.45, 7) is 8.44. The maximum atomic E-state index is 10.8. The molecule has 124 valence electrons. The number of fused-ring (bicyclic) bond motifs is 1. The van der Waals surface area contributed by atoms with E-state index in [0.29, 0.717) is 17.1 Å². The summed E-state index contributed by atoms with van der Waals surface area (Å²) in [6.07, 6.45) is 1.95. The second-order valence-electron chi connectivity index (χ2n) is 5.93. The highest BCUT2D eigenvalue weighted by atomic mass is 127. The molecule has 0 saturated carbocycles. The molecule has 2 aromatic rings. The van der Waals surface area contributed by atoms with Gasteiger partial charge in [-0.2, -0.15) is 4.98 Å². The van der Waals surface area contributed by atoms with Crippen molar-refractivity contribution in [3.8, 4) is 0 Å². The Morgan fingerprint density at radius 1 is 1.48 bits per heavy atom. The van der Waals surface area contributed by atoms with Crippen LogP contribution in [0.25, 0.3) is 11.1 Å². The zero-order valence-corrected chi connectivity index (χ0v) is 15.1. The molecule has 0 radical (unpaired) electrons. The molecular weight excluding hydrogens is 411 g/mol. The molecule has 7 nitrogen and oxygen atoms in total. The summed E-state index contributed by atoms with van der Waals surface area (Å²) in [5.41, 5.74) is 1.12. The molecule has 0 atom stereocenters. The zero-order chi connectivity index (χ0) is 15.7. The summed E-state index contributed by atoms with van der Waals surface area (Å²) in [4.78, 5) is 16.9. The van der Waals surface area contributed by atoms with E-state index in [1.54, 1.807) is 6.07 Å². The maximum Gasteiger partial charge on any atom is 0.298 e. The lowest BCUT2D eigenvalue weighted by Crippen LogP contribution is -3.00. The standard InChI is InChI=1S/C15H19N4O3.HI/c1-3-8-19(2)9-6-17(7-10-19)15-16-13-5-4-12(18(20)21)11-14(13)22-15;/h3-5,11H,1,6-10H2,2H3;1H/q+1;/p-1. The van der Waals surface area contributed by atoms with Crippen LogP contribution in [0, 0.1) is 10.1 Å². The number of nitro benzene ring substituents is 1. The molecule has 1 aliphatic rings. The summed E-state index contributed by atoms with van der Waals surface area (Å²) < 4.78 is 6.67. The number of anilines is 1. The summed E-state index contributed by atoms with van der Waals surface area (Å²) in [5.74, 6) is 0. The first kappa shape index (κ1) is 17.7. The molecule has 0 amide bonds. The van der Waals surface area contributed by atoms with Gasteiger partial charge in [0, 0.05) is 6.07 Å². The van der Waals surface area contributed by atoms with Crippen LogP contribution in [0.3, 0.4) is 0 Å². The number of aromatic nitrogens is 1. The average molecular weight is 430 g/mol. The molecule has 3 rings (SSSR count). The maximum absolute atomic E-state index is 10.8. The third kappa shape index (κ3) is 3.63. The Morgan fingerprint density at radius 3 is 2.78 bits per heavy atom. The van der Waals surface area contributed by atoms with Gasteiger partial charge < -0.3 is 37.8 Å². The Morgan fingerprint density at radius 2 is 2.17 bits per heavy atom. The van der Waals surface area contributed by atoms with Gasteiger partial charge in [0.25, 0.3) is 11.7 Å². The number of quaternary nitrogens is 1. The Hall–Kier alpha value is -1.68. The topological polar surface area (TPSA) is 72.4 Å². The van der Waals surface area contributed by atoms with Crippen LogP contribution in [0.2, 0.25) is 0 Å². The molecule has 0 unspecified atom stereocenters. The summed E-state index contributed by atoms with van der Waals surface area (Å²) in [5, 5.41) is 10.8. The lowest BCUT2D eigenvalue weighted by atomic mass is 10.2. The molecule has 0 bridgehead atoms. The molecule has 0 N–H and O–H groups in total. The van der Waals surface area contributed by atoms with Crippen LogP contribution >= 0.6 is 0 Å². The second kappa shape index (κ2) is 6.83. The van der Waals surface area contributed by atoms with Gasteiger partial charge >= 0.3 is 0 Å². The van der Waals surface area contributed by atoms with Gasteiger partial charge in [-0.1, -0.05) is 6.58 Å². The lowest BCUT2D eigenvalue weighted by Gasteiger charge is -2.40. The van der Waals surface area contributed by atoms with E-state index in [1.165, 1.54) is 12.1 Å². The predicted molar refractivity (Wildman–Crippen MR) is 83.9 cm³/mol. The minimum atomic E-state index is -0.430. The van der Waals surface area contributed by atoms with Crippen LogP contribution in [-0.4, -0.2) is 54.2 Å².